The van der Waals surface area contributed by atoms with Crippen LogP contribution in [0.15, 0.2) is 36.4 Å². The minimum atomic E-state index is -0.540. The molecule has 0 atom stereocenters. The number of nitrogens with zero attached hydrogens (tertiary/aromatic N) is 1. The summed E-state index contributed by atoms with van der Waals surface area (Å²) in [6.45, 7) is 2.28. The van der Waals surface area contributed by atoms with Crippen LogP contribution in [0.5, 0.6) is 11.5 Å². The van der Waals surface area contributed by atoms with Gasteiger partial charge in [-0.05, 0) is 43.4 Å². The molecule has 0 heterocycles. The minimum absolute atomic E-state index is 0.00263. The number of thiocarbonyl (C=S) groups is 1. The molecule has 0 unspecified atom stereocenters. The van der Waals surface area contributed by atoms with E-state index in [1.807, 2.05) is 6.92 Å². The van der Waals surface area contributed by atoms with E-state index in [-0.39, 0.29) is 16.5 Å². The second-order valence-corrected chi connectivity index (χ2v) is 5.94. The van der Waals surface area contributed by atoms with Gasteiger partial charge in [-0.15, -0.1) is 0 Å². The van der Waals surface area contributed by atoms with Gasteiger partial charge in [0.2, 0.25) is 0 Å². The molecule has 0 fully saturated rings. The van der Waals surface area contributed by atoms with Crippen LogP contribution in [0.25, 0.3) is 0 Å². The summed E-state index contributed by atoms with van der Waals surface area (Å²) in [5.74, 6) is 0.218. The molecule has 1 amide bonds. The maximum Gasteiger partial charge on any atom is 0.273 e. The third-order valence-electron chi connectivity index (χ3n) is 3.37. The summed E-state index contributed by atoms with van der Waals surface area (Å²) in [6.07, 6.45) is 0. The lowest BCUT2D eigenvalue weighted by Crippen LogP contribution is -2.34. The Kier molecular flexibility index (Phi) is 6.91. The van der Waals surface area contributed by atoms with Crippen LogP contribution in [0.3, 0.4) is 0 Å². The van der Waals surface area contributed by atoms with Crippen molar-refractivity contribution < 1.29 is 19.2 Å². The van der Waals surface area contributed by atoms with E-state index in [4.69, 9.17) is 33.3 Å². The van der Waals surface area contributed by atoms with E-state index in [2.05, 4.69) is 10.6 Å². The lowest BCUT2D eigenvalue weighted by Gasteiger charge is -2.13. The number of benzene rings is 2. The largest absolute Gasteiger partial charge is 0.494 e. The highest BCUT2D eigenvalue weighted by Gasteiger charge is 2.14. The zero-order chi connectivity index (χ0) is 20.0. The van der Waals surface area contributed by atoms with Crippen molar-refractivity contribution in [2.45, 2.75) is 6.92 Å². The highest BCUT2D eigenvalue weighted by Crippen LogP contribution is 2.29. The van der Waals surface area contributed by atoms with Gasteiger partial charge in [-0.2, -0.15) is 0 Å². The number of nitro benzene ring substituents is 1. The van der Waals surface area contributed by atoms with Gasteiger partial charge in [0, 0.05) is 11.6 Å². The molecular weight excluding hydrogens is 394 g/mol. The zero-order valence-electron chi connectivity index (χ0n) is 14.4. The van der Waals surface area contributed by atoms with Crippen LogP contribution in [0, 0.1) is 10.1 Å². The Morgan fingerprint density at radius 3 is 2.59 bits per heavy atom. The number of hydrogen-bond acceptors (Lipinski definition) is 6. The number of carbonyl (C=O) groups excluding carboxylic acids is 1. The highest BCUT2D eigenvalue weighted by molar-refractivity contribution is 7.80. The number of ether oxygens (including phenoxy) is 2. The first-order chi connectivity index (χ1) is 12.8. The van der Waals surface area contributed by atoms with Gasteiger partial charge in [-0.1, -0.05) is 11.6 Å². The van der Waals surface area contributed by atoms with Gasteiger partial charge < -0.3 is 14.8 Å². The molecule has 8 nitrogen and oxygen atoms in total. The fourth-order valence-corrected chi connectivity index (χ4v) is 2.58. The van der Waals surface area contributed by atoms with E-state index in [0.717, 1.165) is 0 Å². The molecule has 0 spiro atoms. The van der Waals surface area contributed by atoms with Gasteiger partial charge in [0.1, 0.15) is 11.5 Å². The monoisotopic (exact) mass is 409 g/mol. The molecule has 0 saturated heterocycles. The van der Waals surface area contributed by atoms with E-state index < -0.39 is 10.8 Å². The summed E-state index contributed by atoms with van der Waals surface area (Å²) in [7, 11) is 1.37. The number of hydrogen-bond donors (Lipinski definition) is 2. The van der Waals surface area contributed by atoms with Crippen LogP contribution < -0.4 is 20.1 Å². The van der Waals surface area contributed by atoms with Gasteiger partial charge >= 0.3 is 0 Å². The highest BCUT2D eigenvalue weighted by atomic mass is 35.5. The number of nitrogens with one attached hydrogen (secondary N) is 2. The molecule has 0 aliphatic carbocycles. The maximum absolute atomic E-state index is 12.3. The van der Waals surface area contributed by atoms with E-state index in [1.54, 1.807) is 12.1 Å². The number of halogens is 1. The molecule has 0 bridgehead atoms. The Balaban J connectivity index is 2.08. The Morgan fingerprint density at radius 1 is 1.26 bits per heavy atom. The predicted molar refractivity (Wildman–Crippen MR) is 106 cm³/mol. The molecule has 2 aromatic rings. The van der Waals surface area contributed by atoms with Gasteiger partial charge in [0.05, 0.1) is 35.4 Å². The first-order valence-electron chi connectivity index (χ1n) is 7.72. The van der Waals surface area contributed by atoms with Crippen molar-refractivity contribution in [1.82, 2.24) is 5.32 Å². The first kappa shape index (κ1) is 20.4. The molecule has 0 aliphatic rings. The number of nitro groups is 1. The smallest absolute Gasteiger partial charge is 0.273 e. The third-order valence-corrected chi connectivity index (χ3v) is 3.86. The summed E-state index contributed by atoms with van der Waals surface area (Å²) < 4.78 is 10.4. The number of carbonyl (C=O) groups is 1. The van der Waals surface area contributed by atoms with Crippen LogP contribution in [0.1, 0.15) is 17.3 Å². The van der Waals surface area contributed by atoms with E-state index in [1.165, 1.54) is 31.4 Å². The third kappa shape index (κ3) is 5.28. The van der Waals surface area contributed by atoms with Crippen molar-refractivity contribution in [3.63, 3.8) is 0 Å². The molecule has 2 rings (SSSR count). The fraction of sp³-hybridized carbons (Fsp3) is 0.176. The summed E-state index contributed by atoms with van der Waals surface area (Å²) in [4.78, 5) is 22.6. The molecule has 0 radical (unpaired) electrons. The van der Waals surface area contributed by atoms with Crippen LogP contribution in [-0.4, -0.2) is 29.7 Å². The summed E-state index contributed by atoms with van der Waals surface area (Å²) >= 11 is 11.2. The lowest BCUT2D eigenvalue weighted by molar-refractivity contribution is -0.384. The van der Waals surface area contributed by atoms with Gasteiger partial charge in [0.15, 0.2) is 5.11 Å². The van der Waals surface area contributed by atoms with E-state index >= 15 is 0 Å². The Hall–Kier alpha value is -2.91. The Morgan fingerprint density at radius 2 is 2.00 bits per heavy atom. The number of amides is 1. The van der Waals surface area contributed by atoms with Crippen LogP contribution in [0.2, 0.25) is 5.02 Å². The van der Waals surface area contributed by atoms with Crippen molar-refractivity contribution >= 4 is 46.2 Å². The molecule has 0 aromatic heterocycles. The summed E-state index contributed by atoms with van der Waals surface area (Å²) in [5, 5.41) is 16.4. The maximum atomic E-state index is 12.3. The Labute approximate surface area is 165 Å². The number of non-ortho nitro benzene ring substituents is 1. The van der Waals surface area contributed by atoms with Crippen molar-refractivity contribution in [3.05, 3.63) is 57.1 Å². The average Bonchev–Trinajstić information content (AvgIpc) is 2.63. The molecule has 2 aromatic carbocycles. The first-order valence-corrected chi connectivity index (χ1v) is 8.51. The van der Waals surface area contributed by atoms with Crippen LogP contribution in [-0.2, 0) is 0 Å². The molecule has 0 saturated carbocycles. The van der Waals surface area contributed by atoms with Crippen molar-refractivity contribution in [1.29, 1.82) is 0 Å². The van der Waals surface area contributed by atoms with E-state index in [9.17, 15) is 14.9 Å². The van der Waals surface area contributed by atoms with Crippen molar-refractivity contribution in [2.75, 3.05) is 19.0 Å². The summed E-state index contributed by atoms with van der Waals surface area (Å²) in [5.41, 5.74) is 0.540. The zero-order valence-corrected chi connectivity index (χ0v) is 16.0. The van der Waals surface area contributed by atoms with Crippen molar-refractivity contribution in [2.24, 2.45) is 0 Å². The molecule has 27 heavy (non-hydrogen) atoms. The fourth-order valence-electron chi connectivity index (χ4n) is 2.14. The topological polar surface area (TPSA) is 103 Å². The average molecular weight is 410 g/mol. The molecule has 0 aliphatic heterocycles. The second kappa shape index (κ2) is 9.15. The molecule has 2 N–H and O–H groups in total. The normalized spacial score (nSPS) is 10.0. The van der Waals surface area contributed by atoms with Crippen LogP contribution in [0.4, 0.5) is 11.4 Å². The Bertz CT molecular complexity index is 891. The SMILES string of the molecule is CCOc1ccc(C(=O)NC(=S)Nc2ccc([N+](=O)[O-])cc2OC)cc1Cl. The quantitative estimate of drug-likeness (QED) is 0.425. The second-order valence-electron chi connectivity index (χ2n) is 5.13. The number of methoxy groups -OCH3 is 1. The van der Waals surface area contributed by atoms with Gasteiger partial charge in [-0.25, -0.2) is 0 Å². The molecular formula is C17H16ClN3O5S. The minimum Gasteiger partial charge on any atom is -0.494 e. The van der Waals surface area contributed by atoms with Crippen molar-refractivity contribution in [3.8, 4) is 11.5 Å². The number of rotatable bonds is 6. The molecule has 142 valence electrons. The van der Waals surface area contributed by atoms with Crippen LogP contribution >= 0.6 is 23.8 Å². The predicted octanol–water partition coefficient (Wildman–Crippen LogP) is 3.78. The number of anilines is 1. The summed E-state index contributed by atoms with van der Waals surface area (Å²) in [6, 6.07) is 8.60. The van der Waals surface area contributed by atoms with E-state index in [0.29, 0.717) is 28.6 Å². The van der Waals surface area contributed by atoms with Gasteiger partial charge in [0.25, 0.3) is 11.6 Å². The molecule has 10 heteroatoms. The van der Waals surface area contributed by atoms with Gasteiger partial charge in [-0.3, -0.25) is 20.2 Å². The lowest BCUT2D eigenvalue weighted by atomic mass is 10.2. The standard InChI is InChI=1S/C17H16ClN3O5S/c1-3-26-14-7-4-10(8-12(14)18)16(22)20-17(27)19-13-6-5-11(21(23)24)9-15(13)25-2/h4-9H,3H2,1-2H3,(H2,19,20,22,27).